The third-order valence-electron chi connectivity index (χ3n) is 3.60. The van der Waals surface area contributed by atoms with Crippen molar-refractivity contribution in [3.8, 4) is 0 Å². The first-order valence-electron chi connectivity index (χ1n) is 7.14. The van der Waals surface area contributed by atoms with Crippen LogP contribution >= 0.6 is 0 Å². The first-order chi connectivity index (χ1) is 9.25. The van der Waals surface area contributed by atoms with Gasteiger partial charge in [0.2, 0.25) is 5.91 Å². The Morgan fingerprint density at radius 3 is 2.32 bits per heavy atom. The zero-order chi connectivity index (χ0) is 13.5. The van der Waals surface area contributed by atoms with Crippen molar-refractivity contribution >= 4 is 5.91 Å². The van der Waals surface area contributed by atoms with Crippen LogP contribution in [0.25, 0.3) is 0 Å². The van der Waals surface area contributed by atoms with Crippen LogP contribution in [0.1, 0.15) is 6.92 Å². The quantitative estimate of drug-likeness (QED) is 0.706. The third-order valence-corrected chi connectivity index (χ3v) is 3.60. The Morgan fingerprint density at radius 1 is 1.11 bits per heavy atom. The van der Waals surface area contributed by atoms with Crippen LogP contribution in [0.15, 0.2) is 0 Å². The second kappa shape index (κ2) is 7.79. The average Bonchev–Trinajstić information content (AvgIpc) is 2.47. The summed E-state index contributed by atoms with van der Waals surface area (Å²) in [5.74, 6) is 0.178. The zero-order valence-corrected chi connectivity index (χ0v) is 11.8. The molecule has 1 unspecified atom stereocenters. The van der Waals surface area contributed by atoms with Crippen molar-refractivity contribution in [1.29, 1.82) is 0 Å². The number of carbonyl (C=O) groups is 1. The predicted octanol–water partition coefficient (Wildman–Crippen LogP) is -0.844. The van der Waals surface area contributed by atoms with Crippen LogP contribution in [0, 0.1) is 0 Å². The average molecular weight is 271 g/mol. The van der Waals surface area contributed by atoms with Gasteiger partial charge in [0, 0.05) is 38.8 Å². The summed E-state index contributed by atoms with van der Waals surface area (Å²) in [6.07, 6.45) is 0. The van der Waals surface area contributed by atoms with E-state index in [4.69, 9.17) is 9.47 Å². The Morgan fingerprint density at radius 2 is 1.68 bits per heavy atom. The van der Waals surface area contributed by atoms with Gasteiger partial charge in [0.05, 0.1) is 33.0 Å². The van der Waals surface area contributed by atoms with E-state index in [0.717, 1.165) is 45.9 Å². The summed E-state index contributed by atoms with van der Waals surface area (Å²) in [7, 11) is 0. The number of morpholine rings is 2. The van der Waals surface area contributed by atoms with E-state index in [0.29, 0.717) is 25.8 Å². The van der Waals surface area contributed by atoms with Crippen LogP contribution in [0.3, 0.4) is 0 Å². The SMILES string of the molecule is CC(CN1CCOCC1)NCC(=O)N1CCOCC1. The molecule has 2 aliphatic heterocycles. The fourth-order valence-electron chi connectivity index (χ4n) is 2.42. The van der Waals surface area contributed by atoms with E-state index in [1.807, 2.05) is 4.90 Å². The minimum Gasteiger partial charge on any atom is -0.379 e. The van der Waals surface area contributed by atoms with Gasteiger partial charge in [-0.15, -0.1) is 0 Å². The summed E-state index contributed by atoms with van der Waals surface area (Å²) in [6, 6.07) is 0.322. The van der Waals surface area contributed by atoms with Gasteiger partial charge in [-0.1, -0.05) is 0 Å². The molecule has 2 heterocycles. The van der Waals surface area contributed by atoms with Crippen LogP contribution in [-0.2, 0) is 14.3 Å². The molecule has 6 nitrogen and oxygen atoms in total. The van der Waals surface area contributed by atoms with E-state index >= 15 is 0 Å². The molecule has 0 bridgehead atoms. The molecule has 0 saturated carbocycles. The van der Waals surface area contributed by atoms with Crippen LogP contribution in [-0.4, -0.2) is 87.4 Å². The van der Waals surface area contributed by atoms with Gasteiger partial charge in [-0.3, -0.25) is 9.69 Å². The van der Waals surface area contributed by atoms with Gasteiger partial charge in [0.1, 0.15) is 0 Å². The molecule has 2 aliphatic rings. The molecule has 2 rings (SSSR count). The molecule has 0 aromatic rings. The molecule has 19 heavy (non-hydrogen) atoms. The van der Waals surface area contributed by atoms with Crippen LogP contribution in [0.2, 0.25) is 0 Å². The molecule has 0 spiro atoms. The smallest absolute Gasteiger partial charge is 0.236 e. The van der Waals surface area contributed by atoms with Gasteiger partial charge in [-0.25, -0.2) is 0 Å². The predicted molar refractivity (Wildman–Crippen MR) is 72.1 cm³/mol. The summed E-state index contributed by atoms with van der Waals surface area (Å²) >= 11 is 0. The maximum absolute atomic E-state index is 12.0. The minimum absolute atomic E-state index is 0.178. The summed E-state index contributed by atoms with van der Waals surface area (Å²) in [5.41, 5.74) is 0. The standard InChI is InChI=1S/C13H25N3O3/c1-12(11-15-2-6-18-7-3-15)14-10-13(17)16-4-8-19-9-5-16/h12,14H,2-11H2,1H3. The fraction of sp³-hybridized carbons (Fsp3) is 0.923. The van der Waals surface area contributed by atoms with Crippen molar-refractivity contribution < 1.29 is 14.3 Å². The van der Waals surface area contributed by atoms with Crippen molar-refractivity contribution in [2.45, 2.75) is 13.0 Å². The van der Waals surface area contributed by atoms with E-state index < -0.39 is 0 Å². The monoisotopic (exact) mass is 271 g/mol. The second-order valence-corrected chi connectivity index (χ2v) is 5.19. The molecular formula is C13H25N3O3. The molecule has 110 valence electrons. The lowest BCUT2D eigenvalue weighted by Gasteiger charge is -2.30. The van der Waals surface area contributed by atoms with Crippen molar-refractivity contribution in [3.05, 3.63) is 0 Å². The number of hydrogen-bond acceptors (Lipinski definition) is 5. The topological polar surface area (TPSA) is 54.0 Å². The van der Waals surface area contributed by atoms with Gasteiger partial charge in [-0.05, 0) is 6.92 Å². The Labute approximate surface area is 115 Å². The Bertz CT molecular complexity index is 276. The molecule has 2 fully saturated rings. The van der Waals surface area contributed by atoms with E-state index in [2.05, 4.69) is 17.1 Å². The van der Waals surface area contributed by atoms with Crippen molar-refractivity contribution in [2.24, 2.45) is 0 Å². The zero-order valence-electron chi connectivity index (χ0n) is 11.8. The second-order valence-electron chi connectivity index (χ2n) is 5.19. The number of ether oxygens (including phenoxy) is 2. The lowest BCUT2D eigenvalue weighted by Crippen LogP contribution is -2.49. The number of nitrogens with one attached hydrogen (secondary N) is 1. The molecule has 1 atom stereocenters. The van der Waals surface area contributed by atoms with Gasteiger partial charge >= 0.3 is 0 Å². The first kappa shape index (κ1) is 14.7. The van der Waals surface area contributed by atoms with Crippen LogP contribution in [0.5, 0.6) is 0 Å². The van der Waals surface area contributed by atoms with E-state index in [9.17, 15) is 4.79 Å². The normalized spacial score (nSPS) is 23.3. The largest absolute Gasteiger partial charge is 0.379 e. The lowest BCUT2D eigenvalue weighted by atomic mass is 10.2. The molecule has 0 aliphatic carbocycles. The van der Waals surface area contributed by atoms with Gasteiger partial charge < -0.3 is 19.7 Å². The number of rotatable bonds is 5. The van der Waals surface area contributed by atoms with Gasteiger partial charge in [-0.2, -0.15) is 0 Å². The highest BCUT2D eigenvalue weighted by molar-refractivity contribution is 5.78. The van der Waals surface area contributed by atoms with Crippen molar-refractivity contribution in [3.63, 3.8) is 0 Å². The van der Waals surface area contributed by atoms with Gasteiger partial charge in [0.15, 0.2) is 0 Å². The number of carbonyl (C=O) groups excluding carboxylic acids is 1. The highest BCUT2D eigenvalue weighted by Gasteiger charge is 2.18. The first-order valence-corrected chi connectivity index (χ1v) is 7.14. The molecule has 6 heteroatoms. The highest BCUT2D eigenvalue weighted by Crippen LogP contribution is 1.99. The van der Waals surface area contributed by atoms with Crippen molar-refractivity contribution in [2.75, 3.05) is 65.7 Å². The molecular weight excluding hydrogens is 246 g/mol. The van der Waals surface area contributed by atoms with Crippen LogP contribution < -0.4 is 5.32 Å². The summed E-state index contributed by atoms with van der Waals surface area (Å²) in [6.45, 7) is 9.90. The molecule has 0 radical (unpaired) electrons. The molecule has 1 amide bonds. The van der Waals surface area contributed by atoms with E-state index in [1.54, 1.807) is 0 Å². The maximum Gasteiger partial charge on any atom is 0.236 e. The van der Waals surface area contributed by atoms with Crippen molar-refractivity contribution in [1.82, 2.24) is 15.1 Å². The number of amides is 1. The Balaban J connectivity index is 1.61. The molecule has 2 saturated heterocycles. The number of nitrogens with zero attached hydrogens (tertiary/aromatic N) is 2. The highest BCUT2D eigenvalue weighted by atomic mass is 16.5. The van der Waals surface area contributed by atoms with E-state index in [-0.39, 0.29) is 5.91 Å². The lowest BCUT2D eigenvalue weighted by molar-refractivity contribution is -0.134. The summed E-state index contributed by atoms with van der Waals surface area (Å²) < 4.78 is 10.6. The fourth-order valence-corrected chi connectivity index (χ4v) is 2.42. The summed E-state index contributed by atoms with van der Waals surface area (Å²) in [4.78, 5) is 16.2. The van der Waals surface area contributed by atoms with Gasteiger partial charge in [0.25, 0.3) is 0 Å². The molecule has 0 aromatic heterocycles. The third kappa shape index (κ3) is 5.06. The Hall–Kier alpha value is -0.690. The Kier molecular flexibility index (Phi) is 6.03. The molecule has 0 aromatic carbocycles. The maximum atomic E-state index is 12.0. The minimum atomic E-state index is 0.178. The molecule has 1 N–H and O–H groups in total. The number of hydrogen-bond donors (Lipinski definition) is 1. The summed E-state index contributed by atoms with van der Waals surface area (Å²) in [5, 5.41) is 3.31. The van der Waals surface area contributed by atoms with Crippen LogP contribution in [0.4, 0.5) is 0 Å². The van der Waals surface area contributed by atoms with E-state index in [1.165, 1.54) is 0 Å².